The highest BCUT2D eigenvalue weighted by atomic mass is 16.3. The normalized spacial score (nSPS) is 13.1. The summed E-state index contributed by atoms with van der Waals surface area (Å²) in [5, 5.41) is 9.27. The fourth-order valence-electron chi connectivity index (χ4n) is 3.69. The average molecular weight is 435 g/mol. The summed E-state index contributed by atoms with van der Waals surface area (Å²) in [5.74, 6) is -0.199. The van der Waals surface area contributed by atoms with Crippen LogP contribution >= 0.6 is 0 Å². The molecule has 2 aromatic heterocycles. The highest BCUT2D eigenvalue weighted by molar-refractivity contribution is 5.91. The first-order valence-corrected chi connectivity index (χ1v) is 11.5. The van der Waals surface area contributed by atoms with E-state index in [2.05, 4.69) is 4.98 Å². The van der Waals surface area contributed by atoms with Crippen LogP contribution in [0.5, 0.6) is 0 Å². The van der Waals surface area contributed by atoms with Crippen LogP contribution in [-0.4, -0.2) is 35.8 Å². The maximum absolute atomic E-state index is 13.1. The number of aliphatic hydroxyl groups excluding tert-OH is 1. The Kier molecular flexibility index (Phi) is 8.79. The van der Waals surface area contributed by atoms with E-state index in [0.29, 0.717) is 13.0 Å². The van der Waals surface area contributed by atoms with Crippen molar-refractivity contribution in [2.75, 3.05) is 0 Å². The lowest BCUT2D eigenvalue weighted by Crippen LogP contribution is -2.40. The van der Waals surface area contributed by atoms with Gasteiger partial charge >= 0.3 is 5.69 Å². The quantitative estimate of drug-likeness (QED) is 0.516. The van der Waals surface area contributed by atoms with Crippen LogP contribution in [0.1, 0.15) is 90.3 Å². The van der Waals surface area contributed by atoms with E-state index in [-0.39, 0.29) is 23.2 Å². The molecule has 8 heteroatoms. The molecule has 174 valence electrons. The summed E-state index contributed by atoms with van der Waals surface area (Å²) in [6.45, 7) is 7.76. The molecule has 0 spiro atoms. The Bertz CT molecular complexity index is 997. The second kappa shape index (κ2) is 10.9. The lowest BCUT2D eigenvalue weighted by molar-refractivity contribution is 0.0744. The van der Waals surface area contributed by atoms with E-state index < -0.39 is 16.7 Å². The van der Waals surface area contributed by atoms with Gasteiger partial charge in [-0.1, -0.05) is 59.3 Å². The van der Waals surface area contributed by atoms with Crippen molar-refractivity contribution in [1.82, 2.24) is 18.7 Å². The molecule has 2 rings (SSSR count). The SMILES string of the molecule is CCC(C)(C)C(=O)n1cnc2c1c(=O)n(CCCCCCCCCC(C)O)c(=O)n2C. The lowest BCUT2D eigenvalue weighted by Gasteiger charge is -2.21. The molecule has 0 radical (unpaired) electrons. The van der Waals surface area contributed by atoms with Gasteiger partial charge in [-0.15, -0.1) is 0 Å². The van der Waals surface area contributed by atoms with Gasteiger partial charge in [-0.25, -0.2) is 9.78 Å². The van der Waals surface area contributed by atoms with E-state index >= 15 is 0 Å². The number of unbranched alkanes of at least 4 members (excludes halogenated alkanes) is 6. The predicted octanol–water partition coefficient (Wildman–Crippen LogP) is 3.47. The van der Waals surface area contributed by atoms with Crippen LogP contribution in [0, 0.1) is 5.41 Å². The number of imidazole rings is 1. The highest BCUT2D eigenvalue weighted by Gasteiger charge is 2.30. The van der Waals surface area contributed by atoms with Gasteiger partial charge in [0, 0.05) is 19.0 Å². The van der Waals surface area contributed by atoms with Crippen molar-refractivity contribution in [3.8, 4) is 0 Å². The molecule has 31 heavy (non-hydrogen) atoms. The van der Waals surface area contributed by atoms with Crippen molar-refractivity contribution >= 4 is 17.1 Å². The standard InChI is InChI=1S/C23H38N4O4/c1-6-23(3,4)21(30)27-16-24-19-18(27)20(29)26(22(31)25(19)5)15-13-11-9-7-8-10-12-14-17(2)28/h16-17,28H,6-15H2,1-5H3. The number of hydrogen-bond acceptors (Lipinski definition) is 5. The Labute approximate surface area is 183 Å². The molecular formula is C23H38N4O4. The van der Waals surface area contributed by atoms with Gasteiger partial charge in [0.1, 0.15) is 6.33 Å². The number of carbonyl (C=O) groups excluding carboxylic acids is 1. The van der Waals surface area contributed by atoms with E-state index in [0.717, 1.165) is 51.4 Å². The van der Waals surface area contributed by atoms with Crippen LogP contribution in [0.2, 0.25) is 0 Å². The van der Waals surface area contributed by atoms with Crippen molar-refractivity contribution < 1.29 is 9.90 Å². The maximum Gasteiger partial charge on any atom is 0.332 e. The molecule has 0 aliphatic carbocycles. The average Bonchev–Trinajstić information content (AvgIpc) is 3.17. The van der Waals surface area contributed by atoms with Gasteiger partial charge in [0.2, 0.25) is 5.91 Å². The maximum atomic E-state index is 13.1. The molecule has 0 fully saturated rings. The van der Waals surface area contributed by atoms with E-state index in [9.17, 15) is 19.5 Å². The van der Waals surface area contributed by atoms with Crippen molar-refractivity contribution in [3.63, 3.8) is 0 Å². The fourth-order valence-corrected chi connectivity index (χ4v) is 3.69. The number of aliphatic hydroxyl groups is 1. The van der Waals surface area contributed by atoms with Crippen molar-refractivity contribution in [2.24, 2.45) is 12.5 Å². The number of hydrogen-bond donors (Lipinski definition) is 1. The first-order chi connectivity index (χ1) is 14.6. The third-order valence-electron chi connectivity index (χ3n) is 6.22. The van der Waals surface area contributed by atoms with Gasteiger partial charge < -0.3 is 5.11 Å². The van der Waals surface area contributed by atoms with E-state index in [1.807, 2.05) is 27.7 Å². The Morgan fingerprint density at radius 1 is 1.10 bits per heavy atom. The summed E-state index contributed by atoms with van der Waals surface area (Å²) in [6.07, 6.45) is 9.74. The zero-order valence-electron chi connectivity index (χ0n) is 19.7. The monoisotopic (exact) mass is 434 g/mol. The van der Waals surface area contributed by atoms with Gasteiger partial charge in [0.25, 0.3) is 5.56 Å². The molecule has 0 saturated carbocycles. The van der Waals surface area contributed by atoms with Crippen molar-refractivity contribution in [3.05, 3.63) is 27.2 Å². The minimum Gasteiger partial charge on any atom is -0.393 e. The van der Waals surface area contributed by atoms with Gasteiger partial charge in [0.15, 0.2) is 11.2 Å². The number of rotatable bonds is 12. The van der Waals surface area contributed by atoms with Gasteiger partial charge in [-0.3, -0.25) is 23.3 Å². The van der Waals surface area contributed by atoms with Gasteiger partial charge in [-0.2, -0.15) is 0 Å². The first-order valence-electron chi connectivity index (χ1n) is 11.5. The molecule has 0 aromatic carbocycles. The second-order valence-corrected chi connectivity index (χ2v) is 9.24. The third kappa shape index (κ3) is 5.93. The Hall–Kier alpha value is -2.22. The van der Waals surface area contributed by atoms with Crippen LogP contribution in [0.15, 0.2) is 15.9 Å². The lowest BCUT2D eigenvalue weighted by atomic mass is 9.89. The van der Waals surface area contributed by atoms with Crippen LogP contribution in [0.3, 0.4) is 0 Å². The summed E-state index contributed by atoms with van der Waals surface area (Å²) < 4.78 is 3.89. The Morgan fingerprint density at radius 3 is 2.26 bits per heavy atom. The summed E-state index contributed by atoms with van der Waals surface area (Å²) >= 11 is 0. The topological polar surface area (TPSA) is 99.1 Å². The van der Waals surface area contributed by atoms with Crippen molar-refractivity contribution in [1.29, 1.82) is 0 Å². The van der Waals surface area contributed by atoms with Crippen molar-refractivity contribution in [2.45, 2.75) is 98.1 Å². The molecule has 0 aliphatic rings. The zero-order valence-corrected chi connectivity index (χ0v) is 19.7. The molecule has 1 unspecified atom stereocenters. The molecule has 0 aliphatic heterocycles. The molecule has 2 aromatic rings. The molecular weight excluding hydrogens is 396 g/mol. The Morgan fingerprint density at radius 2 is 1.68 bits per heavy atom. The molecule has 1 N–H and O–H groups in total. The Balaban J connectivity index is 2.08. The van der Waals surface area contributed by atoms with E-state index in [1.165, 1.54) is 20.0 Å². The number of aryl methyl sites for hydroxylation is 1. The van der Waals surface area contributed by atoms with Crippen LogP contribution in [0.25, 0.3) is 11.2 Å². The van der Waals surface area contributed by atoms with Crippen LogP contribution < -0.4 is 11.2 Å². The van der Waals surface area contributed by atoms with Crippen LogP contribution in [0.4, 0.5) is 0 Å². The minimum absolute atomic E-state index is 0.173. The first kappa shape index (κ1) is 25.0. The third-order valence-corrected chi connectivity index (χ3v) is 6.22. The number of aromatic nitrogens is 4. The summed E-state index contributed by atoms with van der Waals surface area (Å²) in [7, 11) is 1.58. The van der Waals surface area contributed by atoms with E-state index in [1.54, 1.807) is 7.05 Å². The second-order valence-electron chi connectivity index (χ2n) is 9.24. The molecule has 1 atom stereocenters. The summed E-state index contributed by atoms with van der Waals surface area (Å²) in [4.78, 5) is 42.9. The van der Waals surface area contributed by atoms with Crippen LogP contribution in [-0.2, 0) is 13.6 Å². The molecule has 0 bridgehead atoms. The largest absolute Gasteiger partial charge is 0.393 e. The van der Waals surface area contributed by atoms with E-state index in [4.69, 9.17) is 0 Å². The molecule has 0 saturated heterocycles. The molecule has 0 amide bonds. The summed E-state index contributed by atoms with van der Waals surface area (Å²) in [6, 6.07) is 0. The zero-order chi connectivity index (χ0) is 23.2. The predicted molar refractivity (Wildman–Crippen MR) is 123 cm³/mol. The smallest absolute Gasteiger partial charge is 0.332 e. The van der Waals surface area contributed by atoms with Gasteiger partial charge in [-0.05, 0) is 26.2 Å². The minimum atomic E-state index is -0.630. The molecule has 2 heterocycles. The fraction of sp³-hybridized carbons (Fsp3) is 0.739. The van der Waals surface area contributed by atoms with Gasteiger partial charge in [0.05, 0.1) is 6.10 Å². The number of nitrogens with zero attached hydrogens (tertiary/aromatic N) is 4. The number of carbonyl (C=O) groups is 1. The highest BCUT2D eigenvalue weighted by Crippen LogP contribution is 2.23. The summed E-state index contributed by atoms with van der Waals surface area (Å²) in [5.41, 5.74) is -1.07. The number of fused-ring (bicyclic) bond motifs is 1. The molecule has 8 nitrogen and oxygen atoms in total.